The van der Waals surface area contributed by atoms with Crippen molar-refractivity contribution in [2.45, 2.75) is 38.3 Å². The highest BCUT2D eigenvalue weighted by Crippen LogP contribution is 2.37. The van der Waals surface area contributed by atoms with Crippen LogP contribution in [0, 0.1) is 0 Å². The van der Waals surface area contributed by atoms with Crippen molar-refractivity contribution in [2.24, 2.45) is 0 Å². The number of nitrogens with zero attached hydrogens (tertiary/aromatic N) is 4. The molecule has 28 heavy (non-hydrogen) atoms. The number of nitrogens with one attached hydrogen (secondary N) is 2. The molecule has 2 N–H and O–H groups in total. The minimum Gasteiger partial charge on any atom is -0.350 e. The summed E-state index contributed by atoms with van der Waals surface area (Å²) < 4.78 is 0. The van der Waals surface area contributed by atoms with E-state index in [0.29, 0.717) is 25.5 Å². The zero-order chi connectivity index (χ0) is 19.4. The number of carbonyl (C=O) groups excluding carboxylic acids is 1. The fraction of sp³-hybridized carbons (Fsp3) is 0.286. The third-order valence-corrected chi connectivity index (χ3v) is 5.12. The fourth-order valence-electron chi connectivity index (χ4n) is 3.44. The first-order valence-electron chi connectivity index (χ1n) is 9.32. The molecule has 0 bridgehead atoms. The molecule has 0 fully saturated rings. The van der Waals surface area contributed by atoms with Crippen LogP contribution in [0.3, 0.4) is 0 Å². The molecule has 0 saturated carbocycles. The Morgan fingerprint density at radius 2 is 1.96 bits per heavy atom. The van der Waals surface area contributed by atoms with E-state index in [1.54, 1.807) is 18.6 Å². The van der Waals surface area contributed by atoms with Crippen LogP contribution in [-0.2, 0) is 29.7 Å². The van der Waals surface area contributed by atoms with Crippen molar-refractivity contribution in [3.8, 4) is 0 Å². The molecule has 0 radical (unpaired) electrons. The Labute approximate surface area is 163 Å². The lowest BCUT2D eigenvalue weighted by Crippen LogP contribution is -2.41. The molecule has 1 unspecified atom stereocenters. The number of benzene rings is 1. The molecule has 1 aliphatic rings. The molecule has 7 nitrogen and oxygen atoms in total. The maximum Gasteiger partial charge on any atom is 0.232 e. The van der Waals surface area contributed by atoms with E-state index in [0.717, 1.165) is 28.9 Å². The number of fused-ring (bicyclic) bond motifs is 1. The van der Waals surface area contributed by atoms with Gasteiger partial charge in [-0.3, -0.25) is 14.8 Å². The lowest BCUT2D eigenvalue weighted by Gasteiger charge is -2.23. The smallest absolute Gasteiger partial charge is 0.232 e. The number of amides is 1. The lowest BCUT2D eigenvalue weighted by atomic mass is 9.86. The highest BCUT2D eigenvalue weighted by molar-refractivity contribution is 5.88. The Kier molecular flexibility index (Phi) is 4.97. The van der Waals surface area contributed by atoms with E-state index in [4.69, 9.17) is 0 Å². The quantitative estimate of drug-likeness (QED) is 0.688. The van der Waals surface area contributed by atoms with Gasteiger partial charge in [0.15, 0.2) is 0 Å². The van der Waals surface area contributed by atoms with Crippen LogP contribution < -0.4 is 10.6 Å². The molecule has 1 amide bonds. The first kappa shape index (κ1) is 18.0. The van der Waals surface area contributed by atoms with Crippen molar-refractivity contribution in [3.05, 3.63) is 77.6 Å². The fourth-order valence-corrected chi connectivity index (χ4v) is 3.44. The van der Waals surface area contributed by atoms with Gasteiger partial charge in [0.1, 0.15) is 0 Å². The van der Waals surface area contributed by atoms with Crippen LogP contribution in [0.15, 0.2) is 55.1 Å². The normalized spacial score (nSPS) is 17.8. The van der Waals surface area contributed by atoms with E-state index in [9.17, 15) is 4.79 Å². The maximum absolute atomic E-state index is 13.0. The first-order chi connectivity index (χ1) is 13.6. The van der Waals surface area contributed by atoms with Crippen molar-refractivity contribution >= 4 is 11.9 Å². The van der Waals surface area contributed by atoms with E-state index >= 15 is 0 Å². The van der Waals surface area contributed by atoms with Crippen LogP contribution >= 0.6 is 0 Å². The molecule has 0 aliphatic heterocycles. The predicted molar refractivity (Wildman–Crippen MR) is 105 cm³/mol. The molecule has 4 rings (SSSR count). The van der Waals surface area contributed by atoms with Gasteiger partial charge in [-0.1, -0.05) is 30.3 Å². The largest absolute Gasteiger partial charge is 0.350 e. The molecular formula is C21H22N6O. The van der Waals surface area contributed by atoms with Crippen LogP contribution in [0.25, 0.3) is 0 Å². The molecular weight excluding hydrogens is 352 g/mol. The lowest BCUT2D eigenvalue weighted by molar-refractivity contribution is -0.126. The van der Waals surface area contributed by atoms with Gasteiger partial charge in [0.2, 0.25) is 11.9 Å². The Bertz CT molecular complexity index is 963. The topological polar surface area (TPSA) is 92.7 Å². The standard InChI is InChI=1S/C21H22N6O/c1-21(19(28)24-14-17-13-22-9-10-23-17)8-7-16-12-26-20(27-18(16)21)25-11-15-5-3-2-4-6-15/h2-6,9-10,12-13H,7-8,11,14H2,1H3,(H,24,28)(H,25,26,27). The van der Waals surface area contributed by atoms with Crippen molar-refractivity contribution in [1.82, 2.24) is 25.3 Å². The third-order valence-electron chi connectivity index (χ3n) is 5.12. The summed E-state index contributed by atoms with van der Waals surface area (Å²) in [4.78, 5) is 30.3. The third kappa shape index (κ3) is 3.69. The molecule has 2 aromatic heterocycles. The molecule has 1 atom stereocenters. The van der Waals surface area contributed by atoms with Gasteiger partial charge in [0, 0.05) is 25.1 Å². The maximum atomic E-state index is 13.0. The average molecular weight is 374 g/mol. The van der Waals surface area contributed by atoms with E-state index in [1.165, 1.54) is 0 Å². The van der Waals surface area contributed by atoms with Gasteiger partial charge >= 0.3 is 0 Å². The number of aryl methyl sites for hydroxylation is 1. The monoisotopic (exact) mass is 374 g/mol. The van der Waals surface area contributed by atoms with Crippen molar-refractivity contribution in [2.75, 3.05) is 5.32 Å². The predicted octanol–water partition coefficient (Wildman–Crippen LogP) is 2.40. The molecule has 0 saturated heterocycles. The molecule has 1 aromatic carbocycles. The number of rotatable bonds is 6. The van der Waals surface area contributed by atoms with Crippen molar-refractivity contribution < 1.29 is 4.79 Å². The summed E-state index contributed by atoms with van der Waals surface area (Å²) in [6.07, 6.45) is 8.22. The SMILES string of the molecule is CC1(C(=O)NCc2cnccn2)CCc2cnc(NCc3ccccc3)nc21. The summed E-state index contributed by atoms with van der Waals surface area (Å²) in [5.41, 5.74) is 3.03. The van der Waals surface area contributed by atoms with Crippen LogP contribution in [-0.4, -0.2) is 25.8 Å². The van der Waals surface area contributed by atoms with Gasteiger partial charge in [0.25, 0.3) is 0 Å². The summed E-state index contributed by atoms with van der Waals surface area (Å²) in [5, 5.41) is 6.23. The van der Waals surface area contributed by atoms with Crippen LogP contribution in [0.1, 0.15) is 35.9 Å². The Balaban J connectivity index is 1.47. The molecule has 7 heteroatoms. The summed E-state index contributed by atoms with van der Waals surface area (Å²) in [7, 11) is 0. The second-order valence-corrected chi connectivity index (χ2v) is 7.12. The van der Waals surface area contributed by atoms with E-state index in [2.05, 4.69) is 30.6 Å². The number of carbonyl (C=O) groups is 1. The number of aromatic nitrogens is 4. The molecule has 142 valence electrons. The Morgan fingerprint density at radius 1 is 1.11 bits per heavy atom. The van der Waals surface area contributed by atoms with Gasteiger partial charge in [-0.2, -0.15) is 0 Å². The Morgan fingerprint density at radius 3 is 2.75 bits per heavy atom. The Hall–Kier alpha value is -3.35. The highest BCUT2D eigenvalue weighted by atomic mass is 16.2. The van der Waals surface area contributed by atoms with Crippen molar-refractivity contribution in [1.29, 1.82) is 0 Å². The number of hydrogen-bond donors (Lipinski definition) is 2. The van der Waals surface area contributed by atoms with Gasteiger partial charge in [-0.05, 0) is 30.9 Å². The van der Waals surface area contributed by atoms with Crippen LogP contribution in [0.5, 0.6) is 0 Å². The zero-order valence-electron chi connectivity index (χ0n) is 15.7. The number of hydrogen-bond acceptors (Lipinski definition) is 6. The van der Waals surface area contributed by atoms with Crippen LogP contribution in [0.2, 0.25) is 0 Å². The highest BCUT2D eigenvalue weighted by Gasteiger charge is 2.42. The second kappa shape index (κ2) is 7.72. The van der Waals surface area contributed by atoms with Gasteiger partial charge in [-0.15, -0.1) is 0 Å². The van der Waals surface area contributed by atoms with Gasteiger partial charge < -0.3 is 10.6 Å². The zero-order valence-corrected chi connectivity index (χ0v) is 15.7. The molecule has 0 spiro atoms. The van der Waals surface area contributed by atoms with E-state index in [-0.39, 0.29) is 5.91 Å². The minimum atomic E-state index is -0.677. The summed E-state index contributed by atoms with van der Waals surface area (Å²) in [6, 6.07) is 10.1. The van der Waals surface area contributed by atoms with Crippen LogP contribution in [0.4, 0.5) is 5.95 Å². The van der Waals surface area contributed by atoms with E-state index in [1.807, 2.05) is 43.5 Å². The van der Waals surface area contributed by atoms with Gasteiger partial charge in [-0.25, -0.2) is 9.97 Å². The second-order valence-electron chi connectivity index (χ2n) is 7.12. The van der Waals surface area contributed by atoms with Crippen molar-refractivity contribution in [3.63, 3.8) is 0 Å². The summed E-state index contributed by atoms with van der Waals surface area (Å²) in [5.74, 6) is 0.488. The van der Waals surface area contributed by atoms with E-state index < -0.39 is 5.41 Å². The molecule has 3 aromatic rings. The van der Waals surface area contributed by atoms with Gasteiger partial charge in [0.05, 0.1) is 29.5 Å². The molecule has 2 heterocycles. The molecule has 1 aliphatic carbocycles. The average Bonchev–Trinajstić information content (AvgIpc) is 3.09. The first-order valence-corrected chi connectivity index (χ1v) is 9.32. The minimum absolute atomic E-state index is 0.0513. The number of anilines is 1. The summed E-state index contributed by atoms with van der Waals surface area (Å²) in [6.45, 7) is 2.93. The summed E-state index contributed by atoms with van der Waals surface area (Å²) >= 11 is 0.